The molecule has 0 saturated carbocycles. The molecule has 6 nitrogen and oxygen atoms in total. The quantitative estimate of drug-likeness (QED) is 0.648. The maximum Gasteiger partial charge on any atom is 0.322 e. The van der Waals surface area contributed by atoms with Gasteiger partial charge in [0.25, 0.3) is 10.1 Å². The Morgan fingerprint density at radius 3 is 2.55 bits per heavy atom. The minimum absolute atomic E-state index is 0.115. The monoisotopic (exact) mass is 299 g/mol. The maximum atomic E-state index is 12.1. The molecule has 0 spiro atoms. The molecule has 2 rings (SSSR count). The van der Waals surface area contributed by atoms with Crippen LogP contribution in [-0.4, -0.2) is 40.2 Å². The van der Waals surface area contributed by atoms with Crippen LogP contribution in [-0.2, 0) is 23.8 Å². The van der Waals surface area contributed by atoms with Crippen molar-refractivity contribution in [1.82, 2.24) is 5.32 Å². The van der Waals surface area contributed by atoms with Crippen LogP contribution >= 0.6 is 0 Å². The highest BCUT2D eigenvalue weighted by molar-refractivity contribution is 7.86. The molecular weight excluding hydrogens is 282 g/mol. The van der Waals surface area contributed by atoms with Gasteiger partial charge in [-0.25, -0.2) is 0 Å². The molecule has 1 aromatic carbocycles. The van der Waals surface area contributed by atoms with Crippen LogP contribution in [0.3, 0.4) is 0 Å². The predicted octanol–water partition coefficient (Wildman–Crippen LogP) is 0.604. The zero-order chi connectivity index (χ0) is 14.8. The van der Waals surface area contributed by atoms with Crippen molar-refractivity contribution in [3.63, 3.8) is 0 Å². The average molecular weight is 299 g/mol. The number of aryl methyl sites for hydroxylation is 1. The number of esters is 1. The van der Waals surface area contributed by atoms with E-state index in [4.69, 9.17) is 4.18 Å². The molecule has 2 atom stereocenters. The largest absolute Gasteiger partial charge is 0.468 e. The first-order valence-corrected chi connectivity index (χ1v) is 7.64. The molecule has 0 bridgehead atoms. The molecular formula is C13H17NO5S. The molecule has 1 N–H and O–H groups in total. The van der Waals surface area contributed by atoms with Crippen molar-refractivity contribution < 1.29 is 22.1 Å². The fourth-order valence-corrected chi connectivity index (χ4v) is 3.12. The van der Waals surface area contributed by atoms with Crippen LogP contribution in [0.25, 0.3) is 0 Å². The maximum absolute atomic E-state index is 12.1. The zero-order valence-corrected chi connectivity index (χ0v) is 12.1. The van der Waals surface area contributed by atoms with Crippen LogP contribution in [0, 0.1) is 6.92 Å². The van der Waals surface area contributed by atoms with Gasteiger partial charge in [0.15, 0.2) is 0 Å². The lowest BCUT2D eigenvalue weighted by atomic mass is 10.2. The highest BCUT2D eigenvalue weighted by Crippen LogP contribution is 2.19. The third kappa shape index (κ3) is 3.36. The van der Waals surface area contributed by atoms with Crippen LogP contribution in [0.4, 0.5) is 0 Å². The van der Waals surface area contributed by atoms with E-state index >= 15 is 0 Å². The normalized spacial score (nSPS) is 22.7. The van der Waals surface area contributed by atoms with Gasteiger partial charge in [0, 0.05) is 13.0 Å². The first-order valence-electron chi connectivity index (χ1n) is 6.23. The van der Waals surface area contributed by atoms with Crippen molar-refractivity contribution in [3.05, 3.63) is 29.8 Å². The van der Waals surface area contributed by atoms with Crippen LogP contribution < -0.4 is 5.32 Å². The summed E-state index contributed by atoms with van der Waals surface area (Å²) >= 11 is 0. The second-order valence-corrected chi connectivity index (χ2v) is 6.28. The first-order chi connectivity index (χ1) is 9.42. The highest BCUT2D eigenvalue weighted by atomic mass is 32.2. The Balaban J connectivity index is 2.03. The van der Waals surface area contributed by atoms with E-state index in [0.717, 1.165) is 5.56 Å². The summed E-state index contributed by atoms with van der Waals surface area (Å²) in [5, 5.41) is 2.88. The molecule has 0 radical (unpaired) electrons. The number of carbonyl (C=O) groups is 1. The van der Waals surface area contributed by atoms with Crippen LogP contribution in [0.15, 0.2) is 29.2 Å². The van der Waals surface area contributed by atoms with Crippen LogP contribution in [0.5, 0.6) is 0 Å². The Morgan fingerprint density at radius 2 is 1.95 bits per heavy atom. The van der Waals surface area contributed by atoms with Gasteiger partial charge in [-0.1, -0.05) is 17.7 Å². The van der Waals surface area contributed by atoms with Gasteiger partial charge in [-0.05, 0) is 19.1 Å². The molecule has 0 aromatic heterocycles. The van der Waals surface area contributed by atoms with Gasteiger partial charge in [-0.2, -0.15) is 8.42 Å². The first kappa shape index (κ1) is 15.0. The number of carbonyl (C=O) groups excluding carboxylic acids is 1. The Bertz CT molecular complexity index is 581. The molecule has 1 aliphatic rings. The fourth-order valence-electron chi connectivity index (χ4n) is 2.04. The lowest BCUT2D eigenvalue weighted by molar-refractivity contribution is -0.142. The Hall–Kier alpha value is -1.44. The minimum Gasteiger partial charge on any atom is -0.468 e. The highest BCUT2D eigenvalue weighted by Gasteiger charge is 2.34. The van der Waals surface area contributed by atoms with Gasteiger partial charge >= 0.3 is 5.97 Å². The van der Waals surface area contributed by atoms with E-state index in [9.17, 15) is 13.2 Å². The summed E-state index contributed by atoms with van der Waals surface area (Å²) in [4.78, 5) is 11.5. The number of methoxy groups -OCH3 is 1. The summed E-state index contributed by atoms with van der Waals surface area (Å²) in [7, 11) is -2.52. The molecule has 7 heteroatoms. The number of hydrogen-bond donors (Lipinski definition) is 1. The number of nitrogens with one attached hydrogen (secondary N) is 1. The van der Waals surface area contributed by atoms with E-state index < -0.39 is 28.2 Å². The van der Waals surface area contributed by atoms with E-state index in [1.54, 1.807) is 12.1 Å². The Kier molecular flexibility index (Phi) is 4.42. The van der Waals surface area contributed by atoms with Gasteiger partial charge in [0.1, 0.15) is 6.04 Å². The SMILES string of the molecule is COC(=O)[C@H]1CC(OS(=O)(=O)c2ccc(C)cc2)CN1. The third-order valence-electron chi connectivity index (χ3n) is 3.15. The van der Waals surface area contributed by atoms with E-state index in [0.29, 0.717) is 6.54 Å². The molecule has 110 valence electrons. The minimum atomic E-state index is -3.81. The second kappa shape index (κ2) is 5.90. The van der Waals surface area contributed by atoms with Gasteiger partial charge in [-0.15, -0.1) is 0 Å². The van der Waals surface area contributed by atoms with Gasteiger partial charge < -0.3 is 10.1 Å². The Morgan fingerprint density at radius 1 is 1.30 bits per heavy atom. The Labute approximate surface area is 118 Å². The van der Waals surface area contributed by atoms with Crippen molar-refractivity contribution in [2.24, 2.45) is 0 Å². The van der Waals surface area contributed by atoms with E-state index in [1.165, 1.54) is 19.2 Å². The van der Waals surface area contributed by atoms with E-state index in [1.807, 2.05) is 6.92 Å². The molecule has 1 aromatic rings. The molecule has 1 fully saturated rings. The number of ether oxygens (including phenoxy) is 1. The fraction of sp³-hybridized carbons (Fsp3) is 0.462. The molecule has 0 amide bonds. The topological polar surface area (TPSA) is 81.7 Å². The van der Waals surface area contributed by atoms with Crippen molar-refractivity contribution in [3.8, 4) is 0 Å². The average Bonchev–Trinajstić information content (AvgIpc) is 2.86. The summed E-state index contributed by atoms with van der Waals surface area (Å²) < 4.78 is 33.9. The summed E-state index contributed by atoms with van der Waals surface area (Å²) in [5.41, 5.74) is 0.970. The summed E-state index contributed by atoms with van der Waals surface area (Å²) in [6.07, 6.45) is -0.289. The van der Waals surface area contributed by atoms with E-state index in [2.05, 4.69) is 10.1 Å². The van der Waals surface area contributed by atoms with Gasteiger partial charge in [0.2, 0.25) is 0 Å². The van der Waals surface area contributed by atoms with Crippen molar-refractivity contribution in [1.29, 1.82) is 0 Å². The summed E-state index contributed by atoms with van der Waals surface area (Å²) in [6, 6.07) is 5.91. The molecule has 0 aliphatic carbocycles. The number of rotatable bonds is 4. The molecule has 1 unspecified atom stereocenters. The molecule has 1 saturated heterocycles. The van der Waals surface area contributed by atoms with Crippen molar-refractivity contribution >= 4 is 16.1 Å². The lowest BCUT2D eigenvalue weighted by Gasteiger charge is -2.11. The van der Waals surface area contributed by atoms with Crippen LogP contribution in [0.1, 0.15) is 12.0 Å². The second-order valence-electron chi connectivity index (χ2n) is 4.71. The van der Waals surface area contributed by atoms with Crippen LogP contribution in [0.2, 0.25) is 0 Å². The zero-order valence-electron chi connectivity index (χ0n) is 11.3. The third-order valence-corrected chi connectivity index (χ3v) is 4.52. The van der Waals surface area contributed by atoms with Gasteiger partial charge in [0.05, 0.1) is 18.1 Å². The summed E-state index contributed by atoms with van der Waals surface area (Å²) in [6.45, 7) is 2.17. The van der Waals surface area contributed by atoms with Crippen molar-refractivity contribution in [2.75, 3.05) is 13.7 Å². The molecule has 1 heterocycles. The lowest BCUT2D eigenvalue weighted by Crippen LogP contribution is -2.31. The summed E-state index contributed by atoms with van der Waals surface area (Å²) in [5.74, 6) is -0.413. The van der Waals surface area contributed by atoms with Gasteiger partial charge in [-0.3, -0.25) is 8.98 Å². The van der Waals surface area contributed by atoms with Crippen molar-refractivity contribution in [2.45, 2.75) is 30.4 Å². The molecule has 20 heavy (non-hydrogen) atoms. The standard InChI is InChI=1S/C13H17NO5S/c1-9-3-5-11(6-4-9)20(16,17)19-10-7-12(14-8-10)13(15)18-2/h3-6,10,12,14H,7-8H2,1-2H3/t10?,12-/m1/s1. The molecule has 1 aliphatic heterocycles. The predicted molar refractivity (Wildman–Crippen MR) is 71.7 cm³/mol. The number of hydrogen-bond acceptors (Lipinski definition) is 6. The number of benzene rings is 1. The smallest absolute Gasteiger partial charge is 0.322 e. The van der Waals surface area contributed by atoms with E-state index in [-0.39, 0.29) is 11.3 Å².